The summed E-state index contributed by atoms with van der Waals surface area (Å²) in [5.41, 5.74) is 0.901. The minimum absolute atomic E-state index is 0.115. The van der Waals surface area contributed by atoms with Crippen LogP contribution in [0.15, 0.2) is 29.3 Å². The Morgan fingerprint density at radius 3 is 2.41 bits per heavy atom. The van der Waals surface area contributed by atoms with E-state index in [0.29, 0.717) is 5.02 Å². The average molecular weight is 254 g/mol. The van der Waals surface area contributed by atoms with Gasteiger partial charge in [-0.3, -0.25) is 4.99 Å². The van der Waals surface area contributed by atoms with Crippen molar-refractivity contribution in [2.24, 2.45) is 4.99 Å². The Morgan fingerprint density at radius 2 is 1.88 bits per heavy atom. The van der Waals surface area contributed by atoms with Crippen LogP contribution in [0.25, 0.3) is 0 Å². The largest absolute Gasteiger partial charge is 0.461 e. The molecule has 3 nitrogen and oxygen atoms in total. The normalized spacial score (nSPS) is 13.0. The van der Waals surface area contributed by atoms with E-state index < -0.39 is 6.04 Å². The second-order valence-corrected chi connectivity index (χ2v) is 4.43. The second-order valence-electron chi connectivity index (χ2n) is 3.99. The first kappa shape index (κ1) is 13.7. The van der Waals surface area contributed by atoms with E-state index in [2.05, 4.69) is 4.99 Å². The number of aliphatic imine (C=N–C) groups is 1. The Bertz CT molecular complexity index is 398. The zero-order valence-electron chi connectivity index (χ0n) is 10.2. The molecule has 0 spiro atoms. The van der Waals surface area contributed by atoms with Gasteiger partial charge in [0, 0.05) is 11.2 Å². The molecule has 0 saturated heterocycles. The third-order valence-electron chi connectivity index (χ3n) is 2.01. The summed E-state index contributed by atoms with van der Waals surface area (Å²) < 4.78 is 5.05. The van der Waals surface area contributed by atoms with Crippen molar-refractivity contribution < 1.29 is 9.53 Å². The maximum atomic E-state index is 11.5. The number of nitrogens with zero attached hydrogens (tertiary/aromatic N) is 1. The molecule has 0 aliphatic rings. The molecule has 0 radical (unpaired) electrons. The summed E-state index contributed by atoms with van der Waals surface area (Å²) in [5, 5.41) is 0.675. The van der Waals surface area contributed by atoms with Gasteiger partial charge in [-0.15, -0.1) is 0 Å². The maximum absolute atomic E-state index is 11.5. The van der Waals surface area contributed by atoms with Gasteiger partial charge in [-0.25, -0.2) is 4.79 Å². The molecule has 0 aliphatic carbocycles. The lowest BCUT2D eigenvalue weighted by atomic mass is 10.2. The molecular weight excluding hydrogens is 238 g/mol. The number of ether oxygens (including phenoxy) is 1. The first-order chi connectivity index (χ1) is 7.99. The number of benzene rings is 1. The van der Waals surface area contributed by atoms with Crippen LogP contribution in [0.2, 0.25) is 5.02 Å². The molecule has 0 fully saturated rings. The minimum atomic E-state index is -0.493. The first-order valence-corrected chi connectivity index (χ1v) is 5.86. The average Bonchev–Trinajstić information content (AvgIpc) is 2.27. The van der Waals surface area contributed by atoms with Gasteiger partial charge in [0.1, 0.15) is 6.04 Å². The van der Waals surface area contributed by atoms with Crippen LogP contribution in [0.3, 0.4) is 0 Å². The van der Waals surface area contributed by atoms with Crippen LogP contribution >= 0.6 is 11.6 Å². The Balaban J connectivity index is 2.58. The monoisotopic (exact) mass is 253 g/mol. The molecule has 92 valence electrons. The van der Waals surface area contributed by atoms with E-state index in [4.69, 9.17) is 16.3 Å². The lowest BCUT2D eigenvalue weighted by molar-refractivity contribution is -0.148. The van der Waals surface area contributed by atoms with Gasteiger partial charge in [-0.2, -0.15) is 0 Å². The number of esters is 1. The number of hydrogen-bond acceptors (Lipinski definition) is 3. The highest BCUT2D eigenvalue weighted by atomic mass is 35.5. The molecule has 17 heavy (non-hydrogen) atoms. The van der Waals surface area contributed by atoms with Crippen molar-refractivity contribution in [3.63, 3.8) is 0 Å². The van der Waals surface area contributed by atoms with Crippen LogP contribution in [0.1, 0.15) is 26.3 Å². The number of carbonyl (C=O) groups excluding carboxylic acids is 1. The SMILES string of the molecule is CC(C)OC(=O)[C@H](C)N=Cc1ccc(Cl)cc1. The summed E-state index contributed by atoms with van der Waals surface area (Å²) in [4.78, 5) is 15.6. The lowest BCUT2D eigenvalue weighted by Crippen LogP contribution is -2.21. The topological polar surface area (TPSA) is 38.7 Å². The molecule has 0 heterocycles. The smallest absolute Gasteiger partial charge is 0.330 e. The Labute approximate surface area is 106 Å². The number of hydrogen-bond donors (Lipinski definition) is 0. The van der Waals surface area contributed by atoms with Crippen molar-refractivity contribution in [3.8, 4) is 0 Å². The molecule has 0 saturated carbocycles. The zero-order valence-corrected chi connectivity index (χ0v) is 10.9. The van der Waals surface area contributed by atoms with Crippen molar-refractivity contribution in [1.29, 1.82) is 0 Å². The van der Waals surface area contributed by atoms with E-state index in [-0.39, 0.29) is 12.1 Å². The van der Waals surface area contributed by atoms with Crippen LogP contribution < -0.4 is 0 Å². The van der Waals surface area contributed by atoms with Crippen LogP contribution in [0, 0.1) is 0 Å². The highest BCUT2D eigenvalue weighted by molar-refractivity contribution is 6.30. The van der Waals surface area contributed by atoms with Crippen LogP contribution in [0.5, 0.6) is 0 Å². The molecule has 1 rings (SSSR count). The molecule has 1 atom stereocenters. The minimum Gasteiger partial charge on any atom is -0.461 e. The van der Waals surface area contributed by atoms with Crippen molar-refractivity contribution in [1.82, 2.24) is 0 Å². The fourth-order valence-electron chi connectivity index (χ4n) is 1.14. The Kier molecular flexibility index (Phi) is 5.16. The molecule has 0 amide bonds. The highest BCUT2D eigenvalue weighted by Gasteiger charge is 2.13. The predicted molar refractivity (Wildman–Crippen MR) is 69.7 cm³/mol. The van der Waals surface area contributed by atoms with Gasteiger partial charge in [-0.05, 0) is 38.5 Å². The molecule has 0 unspecified atom stereocenters. The van der Waals surface area contributed by atoms with E-state index >= 15 is 0 Å². The number of rotatable bonds is 4. The van der Waals surface area contributed by atoms with E-state index in [1.165, 1.54) is 0 Å². The standard InChI is InChI=1S/C13H16ClNO2/c1-9(2)17-13(16)10(3)15-8-11-4-6-12(14)7-5-11/h4-10H,1-3H3/t10-/m0/s1. The van der Waals surface area contributed by atoms with Crippen LogP contribution in [0.4, 0.5) is 0 Å². The quantitative estimate of drug-likeness (QED) is 0.611. The van der Waals surface area contributed by atoms with Crippen LogP contribution in [-0.2, 0) is 9.53 Å². The van der Waals surface area contributed by atoms with Gasteiger partial charge in [0.2, 0.25) is 0 Å². The Hall–Kier alpha value is -1.35. The van der Waals surface area contributed by atoms with E-state index in [1.54, 1.807) is 25.3 Å². The van der Waals surface area contributed by atoms with Gasteiger partial charge in [0.15, 0.2) is 0 Å². The fraction of sp³-hybridized carbons (Fsp3) is 0.385. The third kappa shape index (κ3) is 5.00. The Morgan fingerprint density at radius 1 is 1.29 bits per heavy atom. The van der Waals surface area contributed by atoms with Gasteiger partial charge >= 0.3 is 5.97 Å². The van der Waals surface area contributed by atoms with E-state index in [1.807, 2.05) is 26.0 Å². The third-order valence-corrected chi connectivity index (χ3v) is 2.26. The summed E-state index contributed by atoms with van der Waals surface area (Å²) in [5.74, 6) is -0.315. The zero-order chi connectivity index (χ0) is 12.8. The number of carbonyl (C=O) groups is 1. The number of halogens is 1. The van der Waals surface area contributed by atoms with Crippen molar-refractivity contribution in [2.45, 2.75) is 32.9 Å². The predicted octanol–water partition coefficient (Wildman–Crippen LogP) is 3.10. The van der Waals surface area contributed by atoms with Gasteiger partial charge in [0.25, 0.3) is 0 Å². The van der Waals surface area contributed by atoms with Gasteiger partial charge in [-0.1, -0.05) is 23.7 Å². The lowest BCUT2D eigenvalue weighted by Gasteiger charge is -2.10. The summed E-state index contributed by atoms with van der Waals surface area (Å²) in [7, 11) is 0. The molecule has 0 aromatic heterocycles. The molecule has 1 aromatic carbocycles. The maximum Gasteiger partial charge on any atom is 0.330 e. The highest BCUT2D eigenvalue weighted by Crippen LogP contribution is 2.08. The molecule has 0 bridgehead atoms. The van der Waals surface area contributed by atoms with Crippen molar-refractivity contribution in [2.75, 3.05) is 0 Å². The van der Waals surface area contributed by atoms with Crippen molar-refractivity contribution >= 4 is 23.8 Å². The summed E-state index contributed by atoms with van der Waals surface area (Å²) in [6, 6.07) is 6.74. The van der Waals surface area contributed by atoms with Crippen molar-refractivity contribution in [3.05, 3.63) is 34.9 Å². The van der Waals surface area contributed by atoms with E-state index in [0.717, 1.165) is 5.56 Å². The molecule has 4 heteroatoms. The molecule has 0 aliphatic heterocycles. The summed E-state index contributed by atoms with van der Waals surface area (Å²) in [6.07, 6.45) is 1.53. The summed E-state index contributed by atoms with van der Waals surface area (Å²) in [6.45, 7) is 5.33. The van der Waals surface area contributed by atoms with Gasteiger partial charge in [0.05, 0.1) is 6.10 Å². The fourth-order valence-corrected chi connectivity index (χ4v) is 1.26. The molecule has 1 aromatic rings. The van der Waals surface area contributed by atoms with Crippen LogP contribution in [-0.4, -0.2) is 24.3 Å². The van der Waals surface area contributed by atoms with E-state index in [9.17, 15) is 4.79 Å². The second kappa shape index (κ2) is 6.40. The molecular formula is C13H16ClNO2. The summed E-state index contributed by atoms with van der Waals surface area (Å²) >= 11 is 5.76. The molecule has 0 N–H and O–H groups in total. The van der Waals surface area contributed by atoms with Gasteiger partial charge < -0.3 is 4.74 Å². The first-order valence-electron chi connectivity index (χ1n) is 5.48.